The van der Waals surface area contributed by atoms with E-state index in [-0.39, 0.29) is 24.1 Å². The van der Waals surface area contributed by atoms with Gasteiger partial charge in [-0.25, -0.2) is 4.39 Å². The first-order chi connectivity index (χ1) is 18.7. The van der Waals surface area contributed by atoms with Crippen molar-refractivity contribution < 1.29 is 13.9 Å². The fourth-order valence-electron chi connectivity index (χ4n) is 5.17. The van der Waals surface area contributed by atoms with Gasteiger partial charge in [-0.2, -0.15) is 5.10 Å². The number of hydrogen-bond acceptors (Lipinski definition) is 5. The zero-order valence-electron chi connectivity index (χ0n) is 22.3. The number of pyridine rings is 1. The molecule has 2 N–H and O–H groups in total. The van der Waals surface area contributed by atoms with Crippen LogP contribution in [0.5, 0.6) is 5.75 Å². The van der Waals surface area contributed by atoms with Gasteiger partial charge in [0.2, 0.25) is 0 Å². The molecule has 1 aliphatic rings. The van der Waals surface area contributed by atoms with E-state index in [1.165, 1.54) is 6.08 Å². The van der Waals surface area contributed by atoms with Crippen molar-refractivity contribution in [2.75, 3.05) is 13.1 Å². The Hall–Kier alpha value is -3.75. The number of halogens is 2. The number of amides is 1. The molecule has 3 heterocycles. The van der Waals surface area contributed by atoms with E-state index in [1.54, 1.807) is 36.7 Å². The van der Waals surface area contributed by atoms with Gasteiger partial charge in [0, 0.05) is 65.7 Å². The molecule has 7 nitrogen and oxygen atoms in total. The number of aryl methyl sites for hydroxylation is 1. The molecule has 0 saturated carbocycles. The molecular formula is C30H31ClFN5O2. The number of nitrogens with one attached hydrogen (secondary N) is 2. The Morgan fingerprint density at radius 2 is 1.82 bits per heavy atom. The second kappa shape index (κ2) is 11.2. The molecule has 5 rings (SSSR count). The summed E-state index contributed by atoms with van der Waals surface area (Å²) in [5.41, 5.74) is 3.93. The summed E-state index contributed by atoms with van der Waals surface area (Å²) in [5.74, 6) is 0.122. The molecule has 1 amide bonds. The van der Waals surface area contributed by atoms with Gasteiger partial charge in [-0.15, -0.1) is 0 Å². The monoisotopic (exact) mass is 547 g/mol. The van der Waals surface area contributed by atoms with Crippen molar-refractivity contribution in [3.63, 3.8) is 0 Å². The summed E-state index contributed by atoms with van der Waals surface area (Å²) in [6.45, 7) is 9.27. The fourth-order valence-corrected chi connectivity index (χ4v) is 5.53. The smallest absolute Gasteiger partial charge is 0.253 e. The lowest BCUT2D eigenvalue weighted by Gasteiger charge is -2.36. The third kappa shape index (κ3) is 5.82. The molecule has 0 radical (unpaired) electrons. The highest BCUT2D eigenvalue weighted by Crippen LogP contribution is 2.32. The molecule has 0 unspecified atom stereocenters. The van der Waals surface area contributed by atoms with E-state index in [0.29, 0.717) is 46.2 Å². The molecular weight excluding hydrogens is 517 g/mol. The van der Waals surface area contributed by atoms with Crippen LogP contribution >= 0.6 is 11.6 Å². The number of piperazine rings is 1. The first kappa shape index (κ1) is 26.8. The molecule has 1 saturated heterocycles. The van der Waals surface area contributed by atoms with E-state index in [2.05, 4.69) is 34.3 Å². The normalized spacial score (nSPS) is 18.8. The van der Waals surface area contributed by atoms with Gasteiger partial charge in [-0.3, -0.25) is 14.9 Å². The summed E-state index contributed by atoms with van der Waals surface area (Å²) in [4.78, 5) is 18.9. The van der Waals surface area contributed by atoms with E-state index in [1.807, 2.05) is 36.9 Å². The second-order valence-electron chi connectivity index (χ2n) is 10.2. The third-order valence-electron chi connectivity index (χ3n) is 6.94. The topological polar surface area (TPSA) is 83.1 Å². The number of carbonyl (C=O) groups is 1. The number of ether oxygens (including phenoxy) is 1. The molecule has 0 bridgehead atoms. The maximum absolute atomic E-state index is 15.3. The van der Waals surface area contributed by atoms with Crippen LogP contribution < -0.4 is 10.1 Å². The number of fused-ring (bicyclic) bond motifs is 1. The predicted molar refractivity (Wildman–Crippen MR) is 153 cm³/mol. The average molecular weight is 548 g/mol. The standard InChI is InChI=1S/C30H31ClFN5O2/c1-17-13-33-14-25(31)29(17)20(4)39-23-9-10-27-24(11-23)28(36-35-27)12-26(32)21-5-7-22(8-6-21)30(38)37-15-18(2)34-19(3)16-37/h5-14,18-20,34H,15-16H2,1-4H3,(H,35,36)/b26-12-/t18-,19+,20-/m1/s1. The predicted octanol–water partition coefficient (Wildman–Crippen LogP) is 6.35. The highest BCUT2D eigenvalue weighted by Gasteiger charge is 2.25. The fraction of sp³-hybridized carbons (Fsp3) is 0.300. The minimum atomic E-state index is -0.442. The Morgan fingerprint density at radius 1 is 1.13 bits per heavy atom. The van der Waals surface area contributed by atoms with Crippen LogP contribution in [-0.4, -0.2) is 51.2 Å². The van der Waals surface area contributed by atoms with Gasteiger partial charge < -0.3 is 15.0 Å². The van der Waals surface area contributed by atoms with Crippen LogP contribution in [0.4, 0.5) is 4.39 Å². The van der Waals surface area contributed by atoms with Gasteiger partial charge in [0.05, 0.1) is 16.2 Å². The minimum absolute atomic E-state index is 0.0456. The van der Waals surface area contributed by atoms with Crippen LogP contribution in [0.25, 0.3) is 22.8 Å². The number of H-pyrrole nitrogens is 1. The number of aromatic nitrogens is 3. The van der Waals surface area contributed by atoms with Crippen LogP contribution in [0.1, 0.15) is 59.6 Å². The molecule has 0 spiro atoms. The van der Waals surface area contributed by atoms with Gasteiger partial charge in [0.15, 0.2) is 0 Å². The minimum Gasteiger partial charge on any atom is -0.486 e. The van der Waals surface area contributed by atoms with Crippen molar-refractivity contribution in [2.24, 2.45) is 0 Å². The Labute approximate surface area is 232 Å². The largest absolute Gasteiger partial charge is 0.486 e. The van der Waals surface area contributed by atoms with Crippen molar-refractivity contribution in [1.29, 1.82) is 0 Å². The number of aromatic amines is 1. The Kier molecular flexibility index (Phi) is 7.68. The summed E-state index contributed by atoms with van der Waals surface area (Å²) in [6, 6.07) is 12.5. The first-order valence-electron chi connectivity index (χ1n) is 13.0. The number of benzene rings is 2. The number of rotatable bonds is 6. The van der Waals surface area contributed by atoms with Crippen molar-refractivity contribution in [1.82, 2.24) is 25.4 Å². The lowest BCUT2D eigenvalue weighted by atomic mass is 10.1. The molecule has 2 aromatic carbocycles. The summed E-state index contributed by atoms with van der Waals surface area (Å²) < 4.78 is 21.5. The van der Waals surface area contributed by atoms with Gasteiger partial charge in [-0.1, -0.05) is 23.7 Å². The summed E-state index contributed by atoms with van der Waals surface area (Å²) >= 11 is 6.36. The molecule has 1 aliphatic heterocycles. The van der Waals surface area contributed by atoms with Crippen LogP contribution in [0.2, 0.25) is 5.02 Å². The number of hydrogen-bond donors (Lipinski definition) is 2. The Bertz CT molecular complexity index is 1500. The number of carbonyl (C=O) groups excluding carboxylic acids is 1. The van der Waals surface area contributed by atoms with E-state index >= 15 is 4.39 Å². The zero-order valence-corrected chi connectivity index (χ0v) is 23.1. The quantitative estimate of drug-likeness (QED) is 0.294. The molecule has 3 atom stereocenters. The second-order valence-corrected chi connectivity index (χ2v) is 10.6. The summed E-state index contributed by atoms with van der Waals surface area (Å²) in [7, 11) is 0. The maximum Gasteiger partial charge on any atom is 0.253 e. The Balaban J connectivity index is 1.34. The first-order valence-corrected chi connectivity index (χ1v) is 13.3. The van der Waals surface area contributed by atoms with Gasteiger partial charge >= 0.3 is 0 Å². The van der Waals surface area contributed by atoms with Gasteiger partial charge in [0.25, 0.3) is 5.91 Å². The third-order valence-corrected chi connectivity index (χ3v) is 7.24. The van der Waals surface area contributed by atoms with Crippen LogP contribution in [0, 0.1) is 6.92 Å². The van der Waals surface area contributed by atoms with E-state index in [4.69, 9.17) is 16.3 Å². The van der Waals surface area contributed by atoms with Crippen molar-refractivity contribution in [3.05, 3.63) is 87.8 Å². The lowest BCUT2D eigenvalue weighted by molar-refractivity contribution is 0.0674. The molecule has 9 heteroatoms. The van der Waals surface area contributed by atoms with Gasteiger partial charge in [-0.05, 0) is 63.6 Å². The summed E-state index contributed by atoms with van der Waals surface area (Å²) in [5, 5.41) is 11.9. The van der Waals surface area contributed by atoms with Crippen LogP contribution in [-0.2, 0) is 0 Å². The highest BCUT2D eigenvalue weighted by molar-refractivity contribution is 6.31. The number of nitrogens with zero attached hydrogens (tertiary/aromatic N) is 3. The molecule has 0 aliphatic carbocycles. The molecule has 39 heavy (non-hydrogen) atoms. The van der Waals surface area contributed by atoms with Crippen molar-refractivity contribution in [2.45, 2.75) is 45.9 Å². The molecule has 1 fully saturated rings. The highest BCUT2D eigenvalue weighted by atomic mass is 35.5. The van der Waals surface area contributed by atoms with Gasteiger partial charge in [0.1, 0.15) is 17.7 Å². The van der Waals surface area contributed by atoms with Crippen LogP contribution in [0.3, 0.4) is 0 Å². The van der Waals surface area contributed by atoms with Crippen LogP contribution in [0.15, 0.2) is 54.9 Å². The zero-order chi connectivity index (χ0) is 27.7. The average Bonchev–Trinajstić information content (AvgIpc) is 3.29. The SMILES string of the molecule is Cc1cncc(Cl)c1[C@@H](C)Oc1ccc2n[nH]c(/C=C(\F)c3ccc(C(=O)N4C[C@@H](C)N[C@@H](C)C4)cc3)c2c1. The molecule has 2 aromatic heterocycles. The van der Waals surface area contributed by atoms with Crippen molar-refractivity contribution >= 4 is 40.3 Å². The van der Waals surface area contributed by atoms with E-state index < -0.39 is 5.83 Å². The molecule has 4 aromatic rings. The van der Waals surface area contributed by atoms with E-state index in [0.717, 1.165) is 16.5 Å². The van der Waals surface area contributed by atoms with E-state index in [9.17, 15) is 4.79 Å². The summed E-state index contributed by atoms with van der Waals surface area (Å²) in [6.07, 6.45) is 4.45. The Morgan fingerprint density at radius 3 is 2.51 bits per heavy atom. The molecule has 202 valence electrons. The van der Waals surface area contributed by atoms with Crippen molar-refractivity contribution in [3.8, 4) is 5.75 Å². The lowest BCUT2D eigenvalue weighted by Crippen LogP contribution is -2.55. The maximum atomic E-state index is 15.3.